The van der Waals surface area contributed by atoms with Crippen LogP contribution in [-0.2, 0) is 0 Å². The Labute approximate surface area is 99.9 Å². The zero-order valence-corrected chi connectivity index (χ0v) is 9.70. The van der Waals surface area contributed by atoms with Crippen LogP contribution in [0.1, 0.15) is 0 Å². The van der Waals surface area contributed by atoms with Crippen molar-refractivity contribution in [2.75, 3.05) is 11.1 Å². The van der Waals surface area contributed by atoms with Crippen molar-refractivity contribution in [2.24, 2.45) is 0 Å². The highest BCUT2D eigenvalue weighted by molar-refractivity contribution is 9.10. The van der Waals surface area contributed by atoms with Crippen molar-refractivity contribution in [3.63, 3.8) is 0 Å². The molecule has 0 fully saturated rings. The first-order valence-electron chi connectivity index (χ1n) is 4.46. The molecule has 0 aliphatic rings. The van der Waals surface area contributed by atoms with Gasteiger partial charge in [0.05, 0.1) is 11.9 Å². The predicted molar refractivity (Wildman–Crippen MR) is 63.8 cm³/mol. The quantitative estimate of drug-likeness (QED) is 0.889. The van der Waals surface area contributed by atoms with Gasteiger partial charge in [0.1, 0.15) is 0 Å². The van der Waals surface area contributed by atoms with E-state index >= 15 is 0 Å². The molecule has 0 saturated heterocycles. The molecule has 2 aromatic rings. The Balaban J connectivity index is 2.34. The Morgan fingerprint density at radius 3 is 2.81 bits per heavy atom. The Hall–Kier alpha value is -1.69. The smallest absolute Gasteiger partial charge is 0.222 e. The number of hydrogen-bond acceptors (Lipinski definition) is 4. The molecule has 16 heavy (non-hydrogen) atoms. The van der Waals surface area contributed by atoms with Gasteiger partial charge in [0, 0.05) is 4.47 Å². The van der Waals surface area contributed by atoms with Crippen molar-refractivity contribution >= 4 is 33.4 Å². The molecular formula is C10H8BrFN4. The van der Waals surface area contributed by atoms with E-state index in [1.165, 1.54) is 0 Å². The Morgan fingerprint density at radius 2 is 2.06 bits per heavy atom. The van der Waals surface area contributed by atoms with Gasteiger partial charge in [-0.2, -0.15) is 4.98 Å². The summed E-state index contributed by atoms with van der Waals surface area (Å²) < 4.78 is 14.1. The van der Waals surface area contributed by atoms with E-state index in [1.54, 1.807) is 6.07 Å². The molecule has 0 spiro atoms. The van der Waals surface area contributed by atoms with Gasteiger partial charge in [-0.05, 0) is 28.1 Å². The maximum Gasteiger partial charge on any atom is 0.222 e. The third kappa shape index (κ3) is 2.27. The fraction of sp³-hybridized carbons (Fsp3) is 0. The van der Waals surface area contributed by atoms with E-state index in [9.17, 15) is 4.39 Å². The minimum atomic E-state index is -0.551. The highest BCUT2D eigenvalue weighted by Crippen LogP contribution is 2.25. The molecule has 0 aliphatic carbocycles. The van der Waals surface area contributed by atoms with Crippen LogP contribution in [0.15, 0.2) is 34.9 Å². The van der Waals surface area contributed by atoms with Crippen molar-refractivity contribution in [1.29, 1.82) is 0 Å². The number of para-hydroxylation sites is 1. The number of nitrogen functional groups attached to an aromatic ring is 1. The van der Waals surface area contributed by atoms with Gasteiger partial charge in [0.2, 0.25) is 5.95 Å². The Bertz CT molecular complexity index is 518. The summed E-state index contributed by atoms with van der Waals surface area (Å²) in [6.45, 7) is 0. The normalized spacial score (nSPS) is 10.1. The second-order valence-corrected chi connectivity index (χ2v) is 3.88. The zero-order chi connectivity index (χ0) is 11.5. The van der Waals surface area contributed by atoms with Crippen molar-refractivity contribution in [2.45, 2.75) is 0 Å². The minimum absolute atomic E-state index is 0.0240. The van der Waals surface area contributed by atoms with Crippen LogP contribution in [0.4, 0.5) is 21.8 Å². The topological polar surface area (TPSA) is 63.8 Å². The number of aromatic nitrogens is 2. The minimum Gasteiger partial charge on any atom is -0.368 e. The van der Waals surface area contributed by atoms with Crippen LogP contribution in [-0.4, -0.2) is 9.97 Å². The lowest BCUT2D eigenvalue weighted by Gasteiger charge is -2.08. The second-order valence-electron chi connectivity index (χ2n) is 3.03. The molecule has 0 aliphatic heterocycles. The van der Waals surface area contributed by atoms with Crippen LogP contribution >= 0.6 is 15.9 Å². The summed E-state index contributed by atoms with van der Waals surface area (Å²) in [5, 5.41) is 2.83. The van der Waals surface area contributed by atoms with Gasteiger partial charge >= 0.3 is 0 Å². The number of nitrogens with one attached hydrogen (secondary N) is 1. The fourth-order valence-electron chi connectivity index (χ4n) is 1.16. The van der Waals surface area contributed by atoms with E-state index < -0.39 is 5.82 Å². The number of rotatable bonds is 2. The molecule has 1 heterocycles. The van der Waals surface area contributed by atoms with E-state index in [1.807, 2.05) is 18.2 Å². The van der Waals surface area contributed by atoms with Crippen LogP contribution < -0.4 is 11.1 Å². The number of hydrogen-bond donors (Lipinski definition) is 2. The fourth-order valence-corrected chi connectivity index (χ4v) is 1.54. The lowest BCUT2D eigenvalue weighted by Crippen LogP contribution is -2.02. The summed E-state index contributed by atoms with van der Waals surface area (Å²) in [6.07, 6.45) is 1.03. The second kappa shape index (κ2) is 4.44. The molecule has 4 nitrogen and oxygen atoms in total. The molecule has 0 saturated carbocycles. The molecule has 82 valence electrons. The van der Waals surface area contributed by atoms with Crippen LogP contribution in [0.3, 0.4) is 0 Å². The van der Waals surface area contributed by atoms with Gasteiger partial charge in [-0.25, -0.2) is 9.37 Å². The number of halogens is 2. The zero-order valence-electron chi connectivity index (χ0n) is 8.11. The molecule has 0 atom stereocenters. The average Bonchev–Trinajstić information content (AvgIpc) is 2.27. The van der Waals surface area contributed by atoms with Gasteiger partial charge in [0.25, 0.3) is 0 Å². The first-order valence-corrected chi connectivity index (χ1v) is 5.25. The van der Waals surface area contributed by atoms with E-state index in [-0.39, 0.29) is 11.8 Å². The summed E-state index contributed by atoms with van der Waals surface area (Å²) in [7, 11) is 0. The molecule has 0 unspecified atom stereocenters. The standard InChI is InChI=1S/C10H8BrFN4/c11-6-3-1-2-4-8(6)15-9-7(12)5-14-10(13)16-9/h1-5H,(H3,13,14,15,16). The summed E-state index contributed by atoms with van der Waals surface area (Å²) in [4.78, 5) is 7.31. The van der Waals surface area contributed by atoms with Crippen LogP contribution in [0.5, 0.6) is 0 Å². The van der Waals surface area contributed by atoms with Gasteiger partial charge in [-0.1, -0.05) is 12.1 Å². The molecular weight excluding hydrogens is 275 g/mol. The maximum absolute atomic E-state index is 13.3. The van der Waals surface area contributed by atoms with E-state index in [0.717, 1.165) is 10.7 Å². The SMILES string of the molecule is Nc1ncc(F)c(Nc2ccccc2Br)n1. The van der Waals surface area contributed by atoms with Crippen molar-refractivity contribution < 1.29 is 4.39 Å². The highest BCUT2D eigenvalue weighted by Gasteiger charge is 2.07. The Morgan fingerprint density at radius 1 is 1.31 bits per heavy atom. The summed E-state index contributed by atoms with van der Waals surface area (Å²) in [5.41, 5.74) is 6.09. The number of anilines is 3. The maximum atomic E-state index is 13.3. The predicted octanol–water partition coefficient (Wildman–Crippen LogP) is 2.70. The molecule has 0 bridgehead atoms. The number of nitrogens with two attached hydrogens (primary N) is 1. The molecule has 6 heteroatoms. The summed E-state index contributed by atoms with van der Waals surface area (Å²) in [6, 6.07) is 7.32. The molecule has 2 rings (SSSR count). The first-order chi connectivity index (χ1) is 7.66. The monoisotopic (exact) mass is 282 g/mol. The highest BCUT2D eigenvalue weighted by atomic mass is 79.9. The first kappa shape index (κ1) is 10.8. The number of nitrogens with zero attached hydrogens (tertiary/aromatic N) is 2. The molecule has 3 N–H and O–H groups in total. The largest absolute Gasteiger partial charge is 0.368 e. The van der Waals surface area contributed by atoms with Crippen molar-refractivity contribution in [1.82, 2.24) is 9.97 Å². The Kier molecular flexibility index (Phi) is 3.00. The average molecular weight is 283 g/mol. The van der Waals surface area contributed by atoms with Crippen LogP contribution in [0, 0.1) is 5.82 Å². The number of benzene rings is 1. The summed E-state index contributed by atoms with van der Waals surface area (Å²) >= 11 is 3.34. The van der Waals surface area contributed by atoms with Gasteiger partial charge in [0.15, 0.2) is 11.6 Å². The van der Waals surface area contributed by atoms with Crippen molar-refractivity contribution in [3.8, 4) is 0 Å². The van der Waals surface area contributed by atoms with E-state index in [0.29, 0.717) is 5.69 Å². The lowest BCUT2D eigenvalue weighted by molar-refractivity contribution is 0.620. The van der Waals surface area contributed by atoms with E-state index in [4.69, 9.17) is 5.73 Å². The van der Waals surface area contributed by atoms with Crippen LogP contribution in [0.2, 0.25) is 0 Å². The van der Waals surface area contributed by atoms with Gasteiger partial charge in [-0.15, -0.1) is 0 Å². The molecule has 1 aromatic carbocycles. The van der Waals surface area contributed by atoms with E-state index in [2.05, 4.69) is 31.2 Å². The third-order valence-electron chi connectivity index (χ3n) is 1.89. The molecule has 0 amide bonds. The van der Waals surface area contributed by atoms with Gasteiger partial charge < -0.3 is 11.1 Å². The summed E-state index contributed by atoms with van der Waals surface area (Å²) in [5.74, 6) is -0.472. The molecule has 0 radical (unpaired) electrons. The lowest BCUT2D eigenvalue weighted by atomic mass is 10.3. The van der Waals surface area contributed by atoms with Crippen molar-refractivity contribution in [3.05, 3.63) is 40.8 Å². The van der Waals surface area contributed by atoms with Crippen LogP contribution in [0.25, 0.3) is 0 Å². The molecule has 1 aromatic heterocycles. The third-order valence-corrected chi connectivity index (χ3v) is 2.58. The van der Waals surface area contributed by atoms with Gasteiger partial charge in [-0.3, -0.25) is 0 Å².